The Morgan fingerprint density at radius 2 is 2.22 bits per heavy atom. The van der Waals surface area contributed by atoms with E-state index < -0.39 is 0 Å². The zero-order valence-electron chi connectivity index (χ0n) is 11.0. The molecule has 1 amide bonds. The topological polar surface area (TPSA) is 46.3 Å². The summed E-state index contributed by atoms with van der Waals surface area (Å²) in [5.41, 5.74) is 7.87. The highest BCUT2D eigenvalue weighted by Crippen LogP contribution is 2.30. The molecule has 0 bridgehead atoms. The summed E-state index contributed by atoms with van der Waals surface area (Å²) >= 11 is 1.54. The van der Waals surface area contributed by atoms with Gasteiger partial charge in [0.15, 0.2) is 0 Å². The molecule has 98 valence electrons. The van der Waals surface area contributed by atoms with Crippen molar-refractivity contribution in [3.8, 4) is 0 Å². The van der Waals surface area contributed by atoms with Gasteiger partial charge in [-0.3, -0.25) is 4.79 Å². The van der Waals surface area contributed by atoms with Crippen LogP contribution in [0.5, 0.6) is 0 Å². The Balaban J connectivity index is 1.94. The van der Waals surface area contributed by atoms with Crippen LogP contribution in [0.4, 0.5) is 5.69 Å². The lowest BCUT2D eigenvalue weighted by Gasteiger charge is -2.20. The van der Waals surface area contributed by atoms with Crippen LogP contribution >= 0.6 is 11.8 Å². The number of para-hydroxylation sites is 1. The number of hydrogen-bond acceptors (Lipinski definition) is 3. The number of nitrogens with two attached hydrogens (primary N) is 1. The fraction of sp³-hybridized carbons (Fsp3) is 0.500. The van der Waals surface area contributed by atoms with Gasteiger partial charge in [-0.15, -0.1) is 11.8 Å². The lowest BCUT2D eigenvalue weighted by Crippen LogP contribution is -2.34. The molecule has 18 heavy (non-hydrogen) atoms. The van der Waals surface area contributed by atoms with Gasteiger partial charge in [0.2, 0.25) is 5.91 Å². The maximum absolute atomic E-state index is 12.1. The zero-order chi connectivity index (χ0) is 13.1. The average Bonchev–Trinajstić information content (AvgIpc) is 3.16. The van der Waals surface area contributed by atoms with E-state index in [2.05, 4.69) is 0 Å². The second-order valence-electron chi connectivity index (χ2n) is 4.69. The molecule has 0 heterocycles. The van der Waals surface area contributed by atoms with Crippen molar-refractivity contribution in [2.24, 2.45) is 0 Å². The number of thioether (sulfide) groups is 1. The first-order chi connectivity index (χ1) is 8.63. The lowest BCUT2D eigenvalue weighted by atomic mass is 10.2. The molecule has 0 spiro atoms. The van der Waals surface area contributed by atoms with Crippen molar-refractivity contribution in [1.82, 2.24) is 4.90 Å². The van der Waals surface area contributed by atoms with E-state index in [1.807, 2.05) is 36.9 Å². The number of hydrogen-bond donors (Lipinski definition) is 1. The molecule has 0 atom stereocenters. The summed E-state index contributed by atoms with van der Waals surface area (Å²) in [6.07, 6.45) is 2.33. The predicted molar refractivity (Wildman–Crippen MR) is 76.7 cm³/mol. The largest absolute Gasteiger partial charge is 0.398 e. The molecule has 0 aliphatic heterocycles. The minimum atomic E-state index is 0.228. The fourth-order valence-corrected chi connectivity index (χ4v) is 2.96. The first-order valence-electron chi connectivity index (χ1n) is 6.40. The molecule has 1 saturated carbocycles. The number of nitrogens with zero attached hydrogens (tertiary/aromatic N) is 1. The zero-order valence-corrected chi connectivity index (χ0v) is 11.8. The molecule has 2 rings (SSSR count). The minimum absolute atomic E-state index is 0.228. The highest BCUT2D eigenvalue weighted by Gasteiger charge is 2.31. The molecule has 1 aliphatic rings. The van der Waals surface area contributed by atoms with E-state index in [1.165, 1.54) is 0 Å². The Morgan fingerprint density at radius 1 is 1.50 bits per heavy atom. The molecular weight excluding hydrogens is 244 g/mol. The summed E-state index contributed by atoms with van der Waals surface area (Å²) in [6.45, 7) is 4.85. The molecule has 1 aliphatic carbocycles. The van der Waals surface area contributed by atoms with Gasteiger partial charge in [0.1, 0.15) is 0 Å². The SMILES string of the molecule is CCN(C(=O)CSc1cccc(C)c1N)C1CC1. The number of aryl methyl sites for hydroxylation is 1. The molecule has 1 fully saturated rings. The van der Waals surface area contributed by atoms with Crippen molar-refractivity contribution in [2.75, 3.05) is 18.0 Å². The lowest BCUT2D eigenvalue weighted by molar-refractivity contribution is -0.128. The molecule has 2 N–H and O–H groups in total. The number of rotatable bonds is 5. The van der Waals surface area contributed by atoms with Gasteiger partial charge in [-0.25, -0.2) is 0 Å². The molecule has 0 radical (unpaired) electrons. The van der Waals surface area contributed by atoms with Crippen molar-refractivity contribution < 1.29 is 4.79 Å². The van der Waals surface area contributed by atoms with Crippen LogP contribution in [0.25, 0.3) is 0 Å². The van der Waals surface area contributed by atoms with E-state index in [4.69, 9.17) is 5.73 Å². The molecule has 1 aromatic carbocycles. The molecular formula is C14H20N2OS. The molecule has 4 heteroatoms. The number of carbonyl (C=O) groups is 1. The van der Waals surface area contributed by atoms with E-state index in [0.717, 1.165) is 35.5 Å². The molecule has 0 unspecified atom stereocenters. The van der Waals surface area contributed by atoms with Crippen LogP contribution in [0, 0.1) is 6.92 Å². The van der Waals surface area contributed by atoms with Crippen molar-refractivity contribution >= 4 is 23.4 Å². The molecule has 3 nitrogen and oxygen atoms in total. The van der Waals surface area contributed by atoms with E-state index in [0.29, 0.717) is 11.8 Å². The minimum Gasteiger partial charge on any atom is -0.398 e. The van der Waals surface area contributed by atoms with Gasteiger partial charge in [-0.1, -0.05) is 12.1 Å². The molecule has 1 aromatic rings. The van der Waals surface area contributed by atoms with Gasteiger partial charge in [0.05, 0.1) is 5.75 Å². The Morgan fingerprint density at radius 3 is 2.83 bits per heavy atom. The maximum atomic E-state index is 12.1. The van der Waals surface area contributed by atoms with Gasteiger partial charge >= 0.3 is 0 Å². The van der Waals surface area contributed by atoms with Crippen molar-refractivity contribution in [2.45, 2.75) is 37.6 Å². The Kier molecular flexibility index (Phi) is 4.17. The Labute approximate surface area is 113 Å². The number of nitrogen functional groups attached to an aromatic ring is 1. The van der Waals surface area contributed by atoms with Crippen molar-refractivity contribution in [1.29, 1.82) is 0 Å². The van der Waals surface area contributed by atoms with Crippen LogP contribution in [0.15, 0.2) is 23.1 Å². The monoisotopic (exact) mass is 264 g/mol. The third-order valence-corrected chi connectivity index (χ3v) is 4.34. The van der Waals surface area contributed by atoms with Crippen LogP contribution in [0.2, 0.25) is 0 Å². The fourth-order valence-electron chi connectivity index (χ4n) is 2.03. The average molecular weight is 264 g/mol. The van der Waals surface area contributed by atoms with E-state index in [9.17, 15) is 4.79 Å². The Hall–Kier alpha value is -1.16. The molecule has 0 saturated heterocycles. The van der Waals surface area contributed by atoms with Crippen molar-refractivity contribution in [3.63, 3.8) is 0 Å². The summed E-state index contributed by atoms with van der Waals surface area (Å²) in [5, 5.41) is 0. The Bertz CT molecular complexity index is 443. The molecule has 0 aromatic heterocycles. The number of carbonyl (C=O) groups excluding carboxylic acids is 1. The van der Waals surface area contributed by atoms with Crippen LogP contribution in [0.3, 0.4) is 0 Å². The predicted octanol–water partition coefficient (Wildman–Crippen LogP) is 2.68. The van der Waals surface area contributed by atoms with Crippen LogP contribution in [-0.4, -0.2) is 29.1 Å². The van der Waals surface area contributed by atoms with Crippen LogP contribution < -0.4 is 5.73 Å². The number of anilines is 1. The first kappa shape index (κ1) is 13.3. The van der Waals surface area contributed by atoms with E-state index in [-0.39, 0.29) is 5.91 Å². The van der Waals surface area contributed by atoms with Gasteiger partial charge in [0.25, 0.3) is 0 Å². The normalized spacial score (nSPS) is 14.6. The maximum Gasteiger partial charge on any atom is 0.233 e. The smallest absolute Gasteiger partial charge is 0.233 e. The van der Waals surface area contributed by atoms with E-state index >= 15 is 0 Å². The van der Waals surface area contributed by atoms with Gasteiger partial charge in [-0.05, 0) is 38.3 Å². The second-order valence-corrected chi connectivity index (χ2v) is 5.70. The summed E-state index contributed by atoms with van der Waals surface area (Å²) < 4.78 is 0. The highest BCUT2D eigenvalue weighted by atomic mass is 32.2. The second kappa shape index (κ2) is 5.65. The van der Waals surface area contributed by atoms with Crippen molar-refractivity contribution in [3.05, 3.63) is 23.8 Å². The van der Waals surface area contributed by atoms with Gasteiger partial charge < -0.3 is 10.6 Å². The third-order valence-electron chi connectivity index (χ3n) is 3.28. The van der Waals surface area contributed by atoms with Crippen LogP contribution in [-0.2, 0) is 4.79 Å². The van der Waals surface area contributed by atoms with Gasteiger partial charge in [0, 0.05) is 23.2 Å². The standard InChI is InChI=1S/C14H20N2OS/c1-3-16(11-7-8-11)13(17)9-18-12-6-4-5-10(2)14(12)15/h4-6,11H,3,7-9,15H2,1-2H3. The number of amides is 1. The summed E-state index contributed by atoms with van der Waals surface area (Å²) in [5.74, 6) is 0.712. The summed E-state index contributed by atoms with van der Waals surface area (Å²) in [6, 6.07) is 6.45. The summed E-state index contributed by atoms with van der Waals surface area (Å²) in [4.78, 5) is 15.1. The van der Waals surface area contributed by atoms with Crippen LogP contribution in [0.1, 0.15) is 25.3 Å². The van der Waals surface area contributed by atoms with Gasteiger partial charge in [-0.2, -0.15) is 0 Å². The quantitative estimate of drug-likeness (QED) is 0.657. The first-order valence-corrected chi connectivity index (χ1v) is 7.39. The highest BCUT2D eigenvalue weighted by molar-refractivity contribution is 8.00. The van der Waals surface area contributed by atoms with E-state index in [1.54, 1.807) is 11.8 Å². The third kappa shape index (κ3) is 2.99. The number of benzene rings is 1. The summed E-state index contributed by atoms with van der Waals surface area (Å²) in [7, 11) is 0.